The maximum absolute atomic E-state index is 13.6. The lowest BCUT2D eigenvalue weighted by Crippen LogP contribution is -2.38. The number of halogens is 1. The summed E-state index contributed by atoms with van der Waals surface area (Å²) in [5, 5.41) is 0.542. The summed E-state index contributed by atoms with van der Waals surface area (Å²) in [5.41, 5.74) is 4.19. The molecule has 4 rings (SSSR count). The Labute approximate surface area is 176 Å². The zero-order valence-electron chi connectivity index (χ0n) is 17.0. The number of carbonyl (C=O) groups excluding carboxylic acids is 2. The Balaban J connectivity index is 1.83. The fourth-order valence-corrected chi connectivity index (χ4v) is 4.25. The van der Waals surface area contributed by atoms with Crippen LogP contribution in [0.25, 0.3) is 5.57 Å². The summed E-state index contributed by atoms with van der Waals surface area (Å²) in [7, 11) is 0. The summed E-state index contributed by atoms with van der Waals surface area (Å²) < 4.78 is 0. The third kappa shape index (κ3) is 3.46. The number of imide groups is 1. The second-order valence-corrected chi connectivity index (χ2v) is 8.50. The molecule has 2 aromatic rings. The molecule has 2 heterocycles. The van der Waals surface area contributed by atoms with Crippen molar-refractivity contribution in [2.45, 2.75) is 33.6 Å². The Kier molecular flexibility index (Phi) is 5.22. The first kappa shape index (κ1) is 19.7. The number of benzene rings is 2. The number of anilines is 1. The van der Waals surface area contributed by atoms with E-state index in [9.17, 15) is 9.59 Å². The molecule has 0 saturated carbocycles. The number of likely N-dealkylation sites (tertiary alicyclic amines) is 1. The molecule has 1 fully saturated rings. The molecule has 1 saturated heterocycles. The van der Waals surface area contributed by atoms with Gasteiger partial charge in [0.1, 0.15) is 5.70 Å². The molecule has 2 aromatic carbocycles. The number of rotatable bonds is 3. The highest BCUT2D eigenvalue weighted by molar-refractivity contribution is 6.46. The highest BCUT2D eigenvalue weighted by Crippen LogP contribution is 2.38. The van der Waals surface area contributed by atoms with Crippen molar-refractivity contribution in [1.29, 1.82) is 0 Å². The average Bonchev–Trinajstić information content (AvgIpc) is 2.96. The van der Waals surface area contributed by atoms with E-state index in [1.165, 1.54) is 4.90 Å². The van der Waals surface area contributed by atoms with Gasteiger partial charge in [-0.1, -0.05) is 54.4 Å². The number of carbonyl (C=O) groups is 2. The lowest BCUT2D eigenvalue weighted by Gasteiger charge is -2.32. The molecule has 5 heteroatoms. The molecule has 0 unspecified atom stereocenters. The number of amides is 2. The van der Waals surface area contributed by atoms with E-state index in [0.29, 0.717) is 27.9 Å². The minimum Gasteiger partial charge on any atom is -0.366 e. The Hall–Kier alpha value is -2.59. The number of hydrogen-bond acceptors (Lipinski definition) is 3. The number of aryl methyl sites for hydroxylation is 1. The molecule has 0 aromatic heterocycles. The van der Waals surface area contributed by atoms with Crippen molar-refractivity contribution in [2.24, 2.45) is 5.92 Å². The highest BCUT2D eigenvalue weighted by Gasteiger charge is 2.43. The number of hydrogen-bond donors (Lipinski definition) is 0. The molecule has 0 aliphatic carbocycles. The Morgan fingerprint density at radius 2 is 1.59 bits per heavy atom. The largest absolute Gasteiger partial charge is 0.366 e. The maximum Gasteiger partial charge on any atom is 0.282 e. The lowest BCUT2D eigenvalue weighted by atomic mass is 9.97. The maximum atomic E-state index is 13.6. The fourth-order valence-electron chi connectivity index (χ4n) is 4.08. The Morgan fingerprint density at radius 3 is 2.24 bits per heavy atom. The van der Waals surface area contributed by atoms with Gasteiger partial charge in [0, 0.05) is 18.1 Å². The van der Waals surface area contributed by atoms with E-state index in [1.54, 1.807) is 18.2 Å². The monoisotopic (exact) mass is 408 g/mol. The summed E-state index contributed by atoms with van der Waals surface area (Å²) in [6.07, 6.45) is 2.03. The van der Waals surface area contributed by atoms with Crippen LogP contribution in [0.3, 0.4) is 0 Å². The fraction of sp³-hybridized carbons (Fsp3) is 0.333. The summed E-state index contributed by atoms with van der Waals surface area (Å²) in [6, 6.07) is 13.1. The van der Waals surface area contributed by atoms with Gasteiger partial charge in [-0.3, -0.25) is 9.59 Å². The van der Waals surface area contributed by atoms with Crippen molar-refractivity contribution in [1.82, 2.24) is 4.90 Å². The zero-order chi connectivity index (χ0) is 20.7. The summed E-state index contributed by atoms with van der Waals surface area (Å²) >= 11 is 6.29. The Bertz CT molecular complexity index is 1000. The second kappa shape index (κ2) is 7.68. The van der Waals surface area contributed by atoms with Gasteiger partial charge >= 0.3 is 0 Å². The van der Waals surface area contributed by atoms with Gasteiger partial charge in [-0.15, -0.1) is 0 Å². The van der Waals surface area contributed by atoms with E-state index in [4.69, 9.17) is 11.6 Å². The van der Waals surface area contributed by atoms with Gasteiger partial charge in [0.05, 0.1) is 11.3 Å². The van der Waals surface area contributed by atoms with Gasteiger partial charge in [-0.05, 0) is 55.9 Å². The van der Waals surface area contributed by atoms with E-state index < -0.39 is 0 Å². The first-order valence-corrected chi connectivity index (χ1v) is 10.5. The first-order valence-electron chi connectivity index (χ1n) is 10.1. The van der Waals surface area contributed by atoms with Crippen molar-refractivity contribution >= 4 is 34.7 Å². The lowest BCUT2D eigenvalue weighted by molar-refractivity contribution is -0.120. The molecule has 0 spiro atoms. The van der Waals surface area contributed by atoms with Gasteiger partial charge in [-0.2, -0.15) is 0 Å². The molecule has 0 N–H and O–H groups in total. The van der Waals surface area contributed by atoms with Crippen LogP contribution in [0.15, 0.2) is 48.2 Å². The average molecular weight is 409 g/mol. The van der Waals surface area contributed by atoms with Crippen molar-refractivity contribution in [3.05, 3.63) is 69.9 Å². The van der Waals surface area contributed by atoms with Crippen molar-refractivity contribution in [2.75, 3.05) is 18.0 Å². The van der Waals surface area contributed by atoms with Crippen LogP contribution in [0, 0.1) is 19.8 Å². The predicted molar refractivity (Wildman–Crippen MR) is 117 cm³/mol. The summed E-state index contributed by atoms with van der Waals surface area (Å²) in [5.74, 6) is 0.0940. The third-order valence-corrected chi connectivity index (χ3v) is 6.39. The molecule has 150 valence electrons. The van der Waals surface area contributed by atoms with Gasteiger partial charge < -0.3 is 4.90 Å². The molecule has 2 aliphatic rings. The van der Waals surface area contributed by atoms with Crippen LogP contribution >= 0.6 is 11.6 Å². The Morgan fingerprint density at radius 1 is 0.931 bits per heavy atom. The van der Waals surface area contributed by atoms with Crippen LogP contribution in [0.4, 0.5) is 5.69 Å². The topological polar surface area (TPSA) is 40.6 Å². The van der Waals surface area contributed by atoms with E-state index >= 15 is 0 Å². The molecule has 2 amide bonds. The smallest absolute Gasteiger partial charge is 0.282 e. The summed E-state index contributed by atoms with van der Waals surface area (Å²) in [4.78, 5) is 30.5. The first-order chi connectivity index (χ1) is 13.9. The molecular weight excluding hydrogens is 384 g/mol. The molecular formula is C24H25ClN2O2. The van der Waals surface area contributed by atoms with Crippen LogP contribution in [0.2, 0.25) is 5.02 Å². The van der Waals surface area contributed by atoms with Crippen LogP contribution in [-0.2, 0) is 9.59 Å². The molecule has 0 bridgehead atoms. The molecule has 0 atom stereocenters. The normalized spacial score (nSPS) is 18.2. The molecule has 2 aliphatic heterocycles. The van der Waals surface area contributed by atoms with Crippen LogP contribution in [0.5, 0.6) is 0 Å². The number of piperidine rings is 1. The van der Waals surface area contributed by atoms with E-state index in [0.717, 1.165) is 42.6 Å². The predicted octanol–water partition coefficient (Wildman–Crippen LogP) is 4.97. The van der Waals surface area contributed by atoms with Crippen molar-refractivity contribution in [3.8, 4) is 0 Å². The minimum absolute atomic E-state index is 0.259. The minimum atomic E-state index is -0.280. The van der Waals surface area contributed by atoms with Gasteiger partial charge in [0.15, 0.2) is 0 Å². The van der Waals surface area contributed by atoms with Gasteiger partial charge in [0.2, 0.25) is 0 Å². The van der Waals surface area contributed by atoms with Crippen LogP contribution in [0.1, 0.15) is 36.5 Å². The quantitative estimate of drug-likeness (QED) is 0.673. The SMILES string of the molecule is Cc1ccc(C2=C(N3CCC(C)CC3)C(=O)N(c3cccc(Cl)c3C)C2=O)cc1. The second-order valence-electron chi connectivity index (χ2n) is 8.09. The van der Waals surface area contributed by atoms with Crippen LogP contribution in [-0.4, -0.2) is 29.8 Å². The van der Waals surface area contributed by atoms with Crippen molar-refractivity contribution < 1.29 is 9.59 Å². The van der Waals surface area contributed by atoms with E-state index in [2.05, 4.69) is 11.8 Å². The van der Waals surface area contributed by atoms with E-state index in [-0.39, 0.29) is 11.8 Å². The third-order valence-electron chi connectivity index (χ3n) is 5.98. The molecule has 0 radical (unpaired) electrons. The zero-order valence-corrected chi connectivity index (χ0v) is 17.8. The van der Waals surface area contributed by atoms with Crippen molar-refractivity contribution in [3.63, 3.8) is 0 Å². The summed E-state index contributed by atoms with van der Waals surface area (Å²) in [6.45, 7) is 7.65. The highest BCUT2D eigenvalue weighted by atomic mass is 35.5. The molecule has 29 heavy (non-hydrogen) atoms. The molecule has 4 nitrogen and oxygen atoms in total. The van der Waals surface area contributed by atoms with Gasteiger partial charge in [-0.25, -0.2) is 4.90 Å². The number of nitrogens with zero attached hydrogens (tertiary/aromatic N) is 2. The van der Waals surface area contributed by atoms with Crippen LogP contribution < -0.4 is 4.90 Å². The standard InChI is InChI=1S/C24H25ClN2O2/c1-15-7-9-18(10-8-15)21-22(26-13-11-16(2)12-14-26)24(29)27(23(21)28)20-6-4-5-19(25)17(20)3/h4-10,16H,11-14H2,1-3H3. The van der Waals surface area contributed by atoms with Gasteiger partial charge in [0.25, 0.3) is 11.8 Å². The van der Waals surface area contributed by atoms with E-state index in [1.807, 2.05) is 38.1 Å².